The van der Waals surface area contributed by atoms with E-state index < -0.39 is 6.04 Å². The Labute approximate surface area is 94.5 Å². The van der Waals surface area contributed by atoms with Gasteiger partial charge in [-0.1, -0.05) is 36.4 Å². The first-order chi connectivity index (χ1) is 6.81. The van der Waals surface area contributed by atoms with Crippen molar-refractivity contribution < 1.29 is 4.79 Å². The van der Waals surface area contributed by atoms with Crippen LogP contribution in [-0.4, -0.2) is 6.29 Å². The Balaban J connectivity index is 0.00000112. The van der Waals surface area contributed by atoms with Crippen molar-refractivity contribution in [1.82, 2.24) is 0 Å². The average molecular weight is 222 g/mol. The highest BCUT2D eigenvalue weighted by atomic mass is 35.5. The summed E-state index contributed by atoms with van der Waals surface area (Å²) in [6, 6.07) is 13.3. The number of aldehydes is 1. The summed E-state index contributed by atoms with van der Waals surface area (Å²) in [7, 11) is 0. The van der Waals surface area contributed by atoms with Crippen molar-refractivity contribution in [1.29, 1.82) is 0 Å². The molecule has 0 aliphatic rings. The van der Waals surface area contributed by atoms with E-state index in [1.807, 2.05) is 42.5 Å². The number of fused-ring (bicyclic) bond motifs is 1. The lowest BCUT2D eigenvalue weighted by Crippen LogP contribution is -2.10. The molecule has 2 aromatic rings. The molecule has 3 heteroatoms. The molecule has 0 aliphatic carbocycles. The summed E-state index contributed by atoms with van der Waals surface area (Å²) < 4.78 is 0. The molecule has 0 aliphatic heterocycles. The van der Waals surface area contributed by atoms with E-state index in [0.717, 1.165) is 22.6 Å². The molecule has 0 bridgehead atoms. The smallest absolute Gasteiger partial charge is 0.141 e. The summed E-state index contributed by atoms with van der Waals surface area (Å²) in [5, 5.41) is 2.27. The molecule has 2 aromatic carbocycles. The molecule has 15 heavy (non-hydrogen) atoms. The van der Waals surface area contributed by atoms with Gasteiger partial charge in [0.2, 0.25) is 0 Å². The Morgan fingerprint density at radius 2 is 1.73 bits per heavy atom. The molecule has 0 spiro atoms. The molecule has 2 nitrogen and oxygen atoms in total. The van der Waals surface area contributed by atoms with Crippen LogP contribution in [0, 0.1) is 0 Å². The van der Waals surface area contributed by atoms with E-state index in [0.29, 0.717) is 0 Å². The van der Waals surface area contributed by atoms with Gasteiger partial charge in [-0.2, -0.15) is 0 Å². The predicted octanol–water partition coefficient (Wildman–Crippen LogP) is 2.46. The Kier molecular flexibility index (Phi) is 3.83. The van der Waals surface area contributed by atoms with Crippen LogP contribution in [0.15, 0.2) is 42.5 Å². The van der Waals surface area contributed by atoms with Crippen molar-refractivity contribution in [3.63, 3.8) is 0 Å². The van der Waals surface area contributed by atoms with Crippen molar-refractivity contribution in [2.75, 3.05) is 0 Å². The Morgan fingerprint density at radius 1 is 1.07 bits per heavy atom. The Morgan fingerprint density at radius 3 is 2.40 bits per heavy atom. The van der Waals surface area contributed by atoms with Gasteiger partial charge >= 0.3 is 0 Å². The van der Waals surface area contributed by atoms with Gasteiger partial charge in [0.1, 0.15) is 6.29 Å². The van der Waals surface area contributed by atoms with Crippen molar-refractivity contribution >= 4 is 29.5 Å². The van der Waals surface area contributed by atoms with Gasteiger partial charge in [-0.05, 0) is 22.4 Å². The van der Waals surface area contributed by atoms with Crippen molar-refractivity contribution in [3.05, 3.63) is 48.0 Å². The molecule has 0 fully saturated rings. The first-order valence-electron chi connectivity index (χ1n) is 4.51. The number of carbonyl (C=O) groups is 1. The third kappa shape index (κ3) is 2.35. The van der Waals surface area contributed by atoms with E-state index in [4.69, 9.17) is 5.73 Å². The van der Waals surface area contributed by atoms with E-state index >= 15 is 0 Å². The van der Waals surface area contributed by atoms with Crippen LogP contribution in [0.2, 0.25) is 0 Å². The number of halogens is 1. The van der Waals surface area contributed by atoms with Crippen LogP contribution in [0.4, 0.5) is 0 Å². The molecule has 0 saturated carbocycles. The molecule has 0 unspecified atom stereocenters. The molecule has 0 aromatic heterocycles. The normalized spacial score (nSPS) is 11.8. The molecule has 78 valence electrons. The van der Waals surface area contributed by atoms with E-state index in [1.165, 1.54) is 0 Å². The van der Waals surface area contributed by atoms with Crippen LogP contribution in [0.25, 0.3) is 10.8 Å². The monoisotopic (exact) mass is 221 g/mol. The van der Waals surface area contributed by atoms with Gasteiger partial charge in [-0.25, -0.2) is 0 Å². The molecule has 1 atom stereocenters. The van der Waals surface area contributed by atoms with E-state index in [1.54, 1.807) is 0 Å². The van der Waals surface area contributed by atoms with Gasteiger partial charge in [0.15, 0.2) is 0 Å². The van der Waals surface area contributed by atoms with Gasteiger partial charge in [0.05, 0.1) is 6.04 Å². The molecule has 0 radical (unpaired) electrons. The van der Waals surface area contributed by atoms with Crippen molar-refractivity contribution in [2.24, 2.45) is 5.73 Å². The van der Waals surface area contributed by atoms with Crippen molar-refractivity contribution in [3.8, 4) is 0 Å². The fourth-order valence-corrected chi connectivity index (χ4v) is 1.49. The molecular weight excluding hydrogens is 210 g/mol. The fraction of sp³-hybridized carbons (Fsp3) is 0.0833. The topological polar surface area (TPSA) is 43.1 Å². The van der Waals surface area contributed by atoms with Crippen LogP contribution < -0.4 is 5.73 Å². The van der Waals surface area contributed by atoms with E-state index in [9.17, 15) is 4.79 Å². The third-order valence-corrected chi connectivity index (χ3v) is 2.31. The zero-order valence-electron chi connectivity index (χ0n) is 8.09. The van der Waals surface area contributed by atoms with Gasteiger partial charge < -0.3 is 10.5 Å². The highest BCUT2D eigenvalue weighted by Crippen LogP contribution is 2.18. The van der Waals surface area contributed by atoms with Gasteiger partial charge in [-0.3, -0.25) is 0 Å². The number of nitrogens with two attached hydrogens (primary N) is 1. The van der Waals surface area contributed by atoms with Crippen LogP contribution in [0.1, 0.15) is 11.6 Å². The zero-order chi connectivity index (χ0) is 9.97. The molecule has 2 N–H and O–H groups in total. The first kappa shape index (κ1) is 11.7. The SMILES string of the molecule is Cl.N[C@H](C=O)c1ccc2ccccc2c1. The maximum Gasteiger partial charge on any atom is 0.141 e. The minimum absolute atomic E-state index is 0. The lowest BCUT2D eigenvalue weighted by Gasteiger charge is -2.05. The summed E-state index contributed by atoms with van der Waals surface area (Å²) in [5.41, 5.74) is 6.48. The standard InChI is InChI=1S/C12H11NO.ClH/c13-12(8-14)11-6-5-9-3-1-2-4-10(9)7-11;/h1-8,12H,13H2;1H/t12-;/m1./s1. The van der Waals surface area contributed by atoms with Crippen LogP contribution in [0.3, 0.4) is 0 Å². The number of hydrogen-bond donors (Lipinski definition) is 1. The minimum Gasteiger partial charge on any atom is -0.318 e. The third-order valence-electron chi connectivity index (χ3n) is 2.31. The van der Waals surface area contributed by atoms with E-state index in [2.05, 4.69) is 0 Å². The van der Waals surface area contributed by atoms with E-state index in [-0.39, 0.29) is 12.4 Å². The van der Waals surface area contributed by atoms with Crippen LogP contribution in [0.5, 0.6) is 0 Å². The second-order valence-electron chi connectivity index (χ2n) is 3.27. The number of carbonyl (C=O) groups excluding carboxylic acids is 1. The molecular formula is C12H12ClNO. The average Bonchev–Trinajstić information content (AvgIpc) is 2.27. The number of rotatable bonds is 2. The lowest BCUT2D eigenvalue weighted by atomic mass is 10.0. The lowest BCUT2D eigenvalue weighted by molar-refractivity contribution is -0.109. The highest BCUT2D eigenvalue weighted by molar-refractivity contribution is 5.85. The fourth-order valence-electron chi connectivity index (χ4n) is 1.49. The van der Waals surface area contributed by atoms with Gasteiger partial charge in [0.25, 0.3) is 0 Å². The molecule has 0 saturated heterocycles. The maximum absolute atomic E-state index is 10.5. The molecule has 2 rings (SSSR count). The first-order valence-corrected chi connectivity index (χ1v) is 4.51. The van der Waals surface area contributed by atoms with Crippen molar-refractivity contribution in [2.45, 2.75) is 6.04 Å². The molecule has 0 heterocycles. The largest absolute Gasteiger partial charge is 0.318 e. The minimum atomic E-state index is -0.514. The Hall–Kier alpha value is -1.38. The van der Waals surface area contributed by atoms with Crippen LogP contribution in [-0.2, 0) is 4.79 Å². The maximum atomic E-state index is 10.5. The predicted molar refractivity (Wildman–Crippen MR) is 64.2 cm³/mol. The number of benzene rings is 2. The second kappa shape index (κ2) is 4.91. The molecule has 0 amide bonds. The summed E-state index contributed by atoms with van der Waals surface area (Å²) in [5.74, 6) is 0. The Bertz CT molecular complexity index is 470. The second-order valence-corrected chi connectivity index (χ2v) is 3.27. The van der Waals surface area contributed by atoms with Crippen LogP contribution >= 0.6 is 12.4 Å². The summed E-state index contributed by atoms with van der Waals surface area (Å²) in [6.07, 6.45) is 0.754. The van der Waals surface area contributed by atoms with Gasteiger partial charge in [-0.15, -0.1) is 12.4 Å². The summed E-state index contributed by atoms with van der Waals surface area (Å²) >= 11 is 0. The number of hydrogen-bond acceptors (Lipinski definition) is 2. The zero-order valence-corrected chi connectivity index (χ0v) is 8.91. The van der Waals surface area contributed by atoms with Gasteiger partial charge in [0, 0.05) is 0 Å². The quantitative estimate of drug-likeness (QED) is 0.792. The highest BCUT2D eigenvalue weighted by Gasteiger charge is 2.03. The summed E-state index contributed by atoms with van der Waals surface area (Å²) in [4.78, 5) is 10.5. The summed E-state index contributed by atoms with van der Waals surface area (Å²) in [6.45, 7) is 0.